The lowest BCUT2D eigenvalue weighted by atomic mass is 10.1. The highest BCUT2D eigenvalue weighted by Crippen LogP contribution is 2.15. The number of hydrogen-bond acceptors (Lipinski definition) is 7. The monoisotopic (exact) mass is 948 g/mol. The van der Waals surface area contributed by atoms with Crippen LogP contribution in [0.5, 0.6) is 0 Å². The number of rotatable bonds is 50. The second-order valence-corrected chi connectivity index (χ2v) is 19.3. The lowest BCUT2D eigenvalue weighted by Gasteiger charge is -2.31. The molecule has 0 fully saturated rings. The van der Waals surface area contributed by atoms with Gasteiger partial charge in [0.25, 0.3) is 0 Å². The Morgan fingerprint density at radius 2 is 0.567 bits per heavy atom. The Kier molecular flexibility index (Phi) is 44.3. The summed E-state index contributed by atoms with van der Waals surface area (Å²) in [5.74, 6) is -1.83. The molecule has 4 N–H and O–H groups in total. The molecule has 13 heteroatoms. The number of unbranched alkanes of at least 4 members (excludes halogenated alkanes) is 28. The molecule has 0 spiro atoms. The van der Waals surface area contributed by atoms with Crippen molar-refractivity contribution in [2.45, 2.75) is 240 Å². The van der Waals surface area contributed by atoms with Gasteiger partial charge in [0.05, 0.1) is 32.7 Å². The van der Waals surface area contributed by atoms with Crippen molar-refractivity contribution in [2.24, 2.45) is 11.5 Å². The van der Waals surface area contributed by atoms with Crippen molar-refractivity contribution in [1.82, 2.24) is 24.5 Å². The van der Waals surface area contributed by atoms with Crippen LogP contribution in [0.1, 0.15) is 240 Å². The van der Waals surface area contributed by atoms with Crippen LogP contribution in [0.25, 0.3) is 0 Å². The third kappa shape index (κ3) is 37.4. The second kappa shape index (κ2) is 46.5. The lowest BCUT2D eigenvalue weighted by Crippen LogP contribution is -2.51. The maximum absolute atomic E-state index is 14.5. The van der Waals surface area contributed by atoms with Crippen LogP contribution in [0.4, 0.5) is 0 Å². The van der Waals surface area contributed by atoms with Crippen LogP contribution in [0, 0.1) is 0 Å². The lowest BCUT2D eigenvalue weighted by molar-refractivity contribution is -0.147. The third-order valence-electron chi connectivity index (χ3n) is 13.0. The van der Waals surface area contributed by atoms with E-state index in [-0.39, 0.29) is 56.4 Å². The van der Waals surface area contributed by atoms with E-state index in [9.17, 15) is 28.8 Å². The molecular weight excluding hydrogens is 843 g/mol. The molecular formula is C54H105N7O6. The summed E-state index contributed by atoms with van der Waals surface area (Å²) in [7, 11) is 0. The van der Waals surface area contributed by atoms with Crippen molar-refractivity contribution < 1.29 is 28.8 Å². The minimum atomic E-state index is -0.585. The van der Waals surface area contributed by atoms with Crippen LogP contribution < -0.4 is 11.5 Å². The van der Waals surface area contributed by atoms with Crippen molar-refractivity contribution in [3.63, 3.8) is 0 Å². The van der Waals surface area contributed by atoms with Gasteiger partial charge in [-0.15, -0.1) is 0 Å². The normalized spacial score (nSPS) is 11.1. The van der Waals surface area contributed by atoms with Crippen LogP contribution in [-0.4, -0.2) is 132 Å². The van der Waals surface area contributed by atoms with E-state index in [1.807, 2.05) is 0 Å². The third-order valence-corrected chi connectivity index (χ3v) is 13.0. The first kappa shape index (κ1) is 63.8. The van der Waals surface area contributed by atoms with Crippen LogP contribution >= 0.6 is 0 Å². The zero-order valence-corrected chi connectivity index (χ0v) is 44.0. The van der Waals surface area contributed by atoms with Gasteiger partial charge in [-0.05, 0) is 38.6 Å². The topological polar surface area (TPSA) is 171 Å². The quantitative estimate of drug-likeness (QED) is 0.0451. The van der Waals surface area contributed by atoms with Gasteiger partial charge in [-0.25, -0.2) is 0 Å². The Labute approximate surface area is 411 Å². The summed E-state index contributed by atoms with van der Waals surface area (Å²) in [6, 6.07) is 0. The van der Waals surface area contributed by atoms with E-state index in [0.29, 0.717) is 52.1 Å². The van der Waals surface area contributed by atoms with E-state index in [2.05, 4.69) is 27.7 Å². The highest BCUT2D eigenvalue weighted by Gasteiger charge is 2.28. The van der Waals surface area contributed by atoms with Gasteiger partial charge in [0, 0.05) is 32.7 Å². The molecule has 0 saturated carbocycles. The fourth-order valence-electron chi connectivity index (χ4n) is 8.63. The van der Waals surface area contributed by atoms with Gasteiger partial charge in [-0.1, -0.05) is 207 Å². The van der Waals surface area contributed by atoms with Gasteiger partial charge >= 0.3 is 0 Å². The van der Waals surface area contributed by atoms with E-state index in [4.69, 9.17) is 11.5 Å². The van der Waals surface area contributed by atoms with Crippen LogP contribution in [0.15, 0.2) is 0 Å². The maximum atomic E-state index is 14.5. The Hall–Kier alpha value is -3.22. The Morgan fingerprint density at radius 1 is 0.328 bits per heavy atom. The molecule has 0 unspecified atom stereocenters. The molecule has 0 heterocycles. The van der Waals surface area contributed by atoms with Gasteiger partial charge in [0.2, 0.25) is 35.9 Å². The standard InChI is InChI=1S/C54H105N7O6/c1-5-9-13-17-21-25-29-33-40-58(44-50(56)63)52(65)46-60(42-35-31-27-23-19-15-11-7-3)54(67)48-61(43-36-32-28-24-20-16-12-8-4)53(66)47-59(41-34-30-26-22-18-14-10-6-2)51(64)45-57(49-62)39-37-38-55/h49H,5-48,55H2,1-4H3,(H2,56,63). The van der Waals surface area contributed by atoms with Crippen LogP contribution in [0.3, 0.4) is 0 Å². The van der Waals surface area contributed by atoms with Crippen molar-refractivity contribution >= 4 is 35.9 Å². The summed E-state index contributed by atoms with van der Waals surface area (Å²) in [6.45, 7) is 10.2. The predicted molar refractivity (Wildman–Crippen MR) is 277 cm³/mol. The van der Waals surface area contributed by atoms with Gasteiger partial charge < -0.3 is 36.0 Å². The molecule has 13 nitrogen and oxygen atoms in total. The molecule has 0 radical (unpaired) electrons. The molecule has 392 valence electrons. The number of nitrogens with two attached hydrogens (primary N) is 2. The van der Waals surface area contributed by atoms with Crippen molar-refractivity contribution in [3.05, 3.63) is 0 Å². The largest absolute Gasteiger partial charge is 0.368 e. The summed E-state index contributed by atoms with van der Waals surface area (Å²) >= 11 is 0. The van der Waals surface area contributed by atoms with Gasteiger partial charge in [-0.3, -0.25) is 28.8 Å². The number of carbonyl (C=O) groups is 6. The Morgan fingerprint density at radius 3 is 0.806 bits per heavy atom. The highest BCUT2D eigenvalue weighted by molar-refractivity contribution is 5.91. The summed E-state index contributed by atoms with van der Waals surface area (Å²) < 4.78 is 0. The van der Waals surface area contributed by atoms with E-state index < -0.39 is 5.91 Å². The first-order valence-electron chi connectivity index (χ1n) is 27.9. The smallest absolute Gasteiger partial charge is 0.242 e. The zero-order valence-electron chi connectivity index (χ0n) is 44.0. The van der Waals surface area contributed by atoms with Crippen LogP contribution in [-0.2, 0) is 28.8 Å². The number of amides is 6. The van der Waals surface area contributed by atoms with Gasteiger partial charge in [0.15, 0.2) is 0 Å². The summed E-state index contributed by atoms with van der Waals surface area (Å²) in [6.07, 6.45) is 36.0. The average molecular weight is 948 g/mol. The minimum absolute atomic E-state index is 0.139. The minimum Gasteiger partial charge on any atom is -0.368 e. The summed E-state index contributed by atoms with van der Waals surface area (Å²) in [5, 5.41) is 0. The predicted octanol–water partition coefficient (Wildman–Crippen LogP) is 10.2. The van der Waals surface area contributed by atoms with Gasteiger partial charge in [-0.2, -0.15) is 0 Å². The van der Waals surface area contributed by atoms with E-state index in [0.717, 1.165) is 103 Å². The zero-order chi connectivity index (χ0) is 49.6. The van der Waals surface area contributed by atoms with E-state index in [1.54, 1.807) is 14.7 Å². The second-order valence-electron chi connectivity index (χ2n) is 19.3. The number of primary amides is 1. The van der Waals surface area contributed by atoms with Gasteiger partial charge in [0.1, 0.15) is 0 Å². The molecule has 0 rings (SSSR count). The summed E-state index contributed by atoms with van der Waals surface area (Å²) in [4.78, 5) is 88.6. The van der Waals surface area contributed by atoms with Crippen LogP contribution in [0.2, 0.25) is 0 Å². The average Bonchev–Trinajstić information content (AvgIpc) is 3.31. The van der Waals surface area contributed by atoms with E-state index in [1.165, 1.54) is 113 Å². The molecule has 0 aliphatic heterocycles. The maximum Gasteiger partial charge on any atom is 0.242 e. The fraction of sp³-hybridized carbons (Fsp3) is 0.889. The molecule has 0 aliphatic carbocycles. The fourth-order valence-corrected chi connectivity index (χ4v) is 8.63. The molecule has 0 saturated heterocycles. The molecule has 67 heavy (non-hydrogen) atoms. The Balaban J connectivity index is 6.36. The molecule has 0 atom stereocenters. The first-order valence-corrected chi connectivity index (χ1v) is 27.9. The molecule has 0 bridgehead atoms. The summed E-state index contributed by atoms with van der Waals surface area (Å²) in [5.41, 5.74) is 11.4. The first-order chi connectivity index (χ1) is 32.6. The van der Waals surface area contributed by atoms with Crippen molar-refractivity contribution in [1.29, 1.82) is 0 Å². The number of nitrogens with zero attached hydrogens (tertiary/aromatic N) is 5. The van der Waals surface area contributed by atoms with E-state index >= 15 is 0 Å². The molecule has 6 amide bonds. The number of hydrogen-bond donors (Lipinski definition) is 2. The SMILES string of the molecule is CCCCCCCCCCN(CC(N)=O)C(=O)CN(CCCCCCCCCC)C(=O)CN(CCCCCCCCCC)C(=O)CN(CCCCCCCCCC)C(=O)CN(C=O)CCCN. The highest BCUT2D eigenvalue weighted by atomic mass is 16.2. The van der Waals surface area contributed by atoms with Crippen molar-refractivity contribution in [3.8, 4) is 0 Å². The molecule has 0 aromatic rings. The van der Waals surface area contributed by atoms with Crippen molar-refractivity contribution in [2.75, 3.05) is 72.0 Å². The number of carbonyl (C=O) groups excluding carboxylic acids is 6. The Bertz CT molecular complexity index is 1240. The molecule has 0 aliphatic rings. The molecule has 0 aromatic carbocycles. The molecule has 0 aromatic heterocycles.